The van der Waals surface area contributed by atoms with Crippen molar-refractivity contribution in [3.8, 4) is 0 Å². The van der Waals surface area contributed by atoms with Crippen LogP contribution in [0.25, 0.3) is 0 Å². The van der Waals surface area contributed by atoms with Crippen LogP contribution in [0.3, 0.4) is 0 Å². The first-order chi connectivity index (χ1) is 11.3. The number of carbonyl (C=O) groups excluding carboxylic acids is 1. The molecule has 5 N–H and O–H groups in total. The van der Waals surface area contributed by atoms with E-state index in [2.05, 4.69) is 4.98 Å². The predicted molar refractivity (Wildman–Crippen MR) is 83.9 cm³/mol. The fraction of sp³-hybridized carbons (Fsp3) is 0.667. The zero-order valence-corrected chi connectivity index (χ0v) is 13.6. The van der Waals surface area contributed by atoms with Crippen molar-refractivity contribution in [1.29, 1.82) is 0 Å². The van der Waals surface area contributed by atoms with Gasteiger partial charge in [0.05, 0.1) is 6.61 Å². The summed E-state index contributed by atoms with van der Waals surface area (Å²) in [5.74, 6) is -0.645. The van der Waals surface area contributed by atoms with Gasteiger partial charge in [0, 0.05) is 12.6 Å². The van der Waals surface area contributed by atoms with Crippen molar-refractivity contribution < 1.29 is 24.9 Å². The van der Waals surface area contributed by atoms with Crippen LogP contribution in [0, 0.1) is 5.92 Å². The van der Waals surface area contributed by atoms with Gasteiger partial charge in [-0.2, -0.15) is 4.98 Å². The van der Waals surface area contributed by atoms with E-state index >= 15 is 0 Å². The summed E-state index contributed by atoms with van der Waals surface area (Å²) in [4.78, 5) is 28.7. The molecule has 134 valence electrons. The lowest BCUT2D eigenvalue weighted by atomic mass is 9.91. The van der Waals surface area contributed by atoms with Crippen molar-refractivity contribution in [3.05, 3.63) is 22.7 Å². The molecule has 1 unspecified atom stereocenters. The topological polar surface area (TPSA) is 148 Å². The largest absolute Gasteiger partial charge is 0.394 e. The number of aliphatic hydroxyl groups excluding tert-OH is 3. The Hall–Kier alpha value is -1.81. The molecule has 2 heterocycles. The molecular formula is C15H23N3O6. The van der Waals surface area contributed by atoms with E-state index in [0.717, 1.165) is 4.57 Å². The SMILES string of the molecule is CCC(C)CC(=O)[C@@]1(n2ccc(N)nc2=O)O[C@H](CO)[C@@H](O)[C@H]1O. The third-order valence-electron chi connectivity index (χ3n) is 4.43. The van der Waals surface area contributed by atoms with Gasteiger partial charge in [-0.3, -0.25) is 9.36 Å². The van der Waals surface area contributed by atoms with Crippen LogP contribution in [0.15, 0.2) is 17.1 Å². The van der Waals surface area contributed by atoms with E-state index in [-0.39, 0.29) is 18.2 Å². The molecule has 1 aliphatic rings. The molecule has 1 aromatic heterocycles. The van der Waals surface area contributed by atoms with Crippen LogP contribution in [-0.2, 0) is 15.3 Å². The molecule has 5 atom stereocenters. The number of aromatic nitrogens is 2. The number of Topliss-reactive ketones (excluding diaryl/α,β-unsaturated/α-hetero) is 1. The molecule has 1 aromatic rings. The first kappa shape index (κ1) is 18.5. The van der Waals surface area contributed by atoms with Crippen LogP contribution >= 0.6 is 0 Å². The van der Waals surface area contributed by atoms with E-state index in [0.29, 0.717) is 6.42 Å². The number of carbonyl (C=O) groups is 1. The third kappa shape index (κ3) is 2.95. The number of nitrogens with zero attached hydrogens (tertiary/aromatic N) is 2. The van der Waals surface area contributed by atoms with Crippen LogP contribution in [0.1, 0.15) is 26.7 Å². The second kappa shape index (κ2) is 6.98. The molecule has 0 aromatic carbocycles. The van der Waals surface area contributed by atoms with E-state index in [1.165, 1.54) is 12.3 Å². The van der Waals surface area contributed by atoms with Gasteiger partial charge < -0.3 is 25.8 Å². The maximum Gasteiger partial charge on any atom is 0.352 e. The number of aliphatic hydroxyl groups is 3. The average Bonchev–Trinajstić information content (AvgIpc) is 2.80. The molecule has 0 amide bonds. The van der Waals surface area contributed by atoms with Crippen molar-refractivity contribution in [3.63, 3.8) is 0 Å². The standard InChI is InChI=1S/C15H23N3O6/c1-3-8(2)6-10(20)15(13(22)12(21)9(7-19)24-15)18-5-4-11(16)17-14(18)23/h4-5,8-9,12-13,19,21-22H,3,6-7H2,1-2H3,(H2,16,17,23)/t8?,9-,12-,13-,15-/m1/s1. The number of nitrogen functional groups attached to an aromatic ring is 1. The van der Waals surface area contributed by atoms with Crippen LogP contribution in [0.4, 0.5) is 5.82 Å². The molecule has 9 nitrogen and oxygen atoms in total. The number of hydrogen-bond donors (Lipinski definition) is 4. The minimum absolute atomic E-state index is 0.0204. The third-order valence-corrected chi connectivity index (χ3v) is 4.43. The summed E-state index contributed by atoms with van der Waals surface area (Å²) in [6, 6.07) is 1.29. The van der Waals surface area contributed by atoms with E-state index < -0.39 is 42.1 Å². The van der Waals surface area contributed by atoms with Crippen molar-refractivity contribution >= 4 is 11.6 Å². The fourth-order valence-corrected chi connectivity index (χ4v) is 2.79. The van der Waals surface area contributed by atoms with Gasteiger partial charge >= 0.3 is 5.69 Å². The highest BCUT2D eigenvalue weighted by molar-refractivity contribution is 5.86. The maximum absolute atomic E-state index is 12.9. The van der Waals surface area contributed by atoms with Crippen molar-refractivity contribution in [2.75, 3.05) is 12.3 Å². The highest BCUT2D eigenvalue weighted by atomic mass is 16.6. The first-order valence-electron chi connectivity index (χ1n) is 7.81. The Morgan fingerprint density at radius 1 is 1.54 bits per heavy atom. The first-order valence-corrected chi connectivity index (χ1v) is 7.81. The summed E-state index contributed by atoms with van der Waals surface area (Å²) in [5.41, 5.74) is 2.42. The molecule has 9 heteroatoms. The number of nitrogens with two attached hydrogens (primary N) is 1. The normalized spacial score (nSPS) is 31.1. The van der Waals surface area contributed by atoms with Gasteiger partial charge in [0.2, 0.25) is 5.72 Å². The fourth-order valence-electron chi connectivity index (χ4n) is 2.79. The maximum atomic E-state index is 12.9. The van der Waals surface area contributed by atoms with Crippen LogP contribution in [-0.4, -0.2) is 55.6 Å². The van der Waals surface area contributed by atoms with E-state index in [1.807, 2.05) is 13.8 Å². The molecule has 0 aliphatic carbocycles. The molecule has 0 spiro atoms. The predicted octanol–water partition coefficient (Wildman–Crippen LogP) is -1.40. The summed E-state index contributed by atoms with van der Waals surface area (Å²) in [6.07, 6.45) is -2.54. The molecule has 24 heavy (non-hydrogen) atoms. The summed E-state index contributed by atoms with van der Waals surface area (Å²) < 4.78 is 6.35. The van der Waals surface area contributed by atoms with Gasteiger partial charge in [0.25, 0.3) is 0 Å². The van der Waals surface area contributed by atoms with Gasteiger partial charge in [-0.1, -0.05) is 20.3 Å². The number of hydrogen-bond acceptors (Lipinski definition) is 8. The molecule has 2 rings (SSSR count). The zero-order chi connectivity index (χ0) is 18.1. The number of anilines is 1. The quantitative estimate of drug-likeness (QED) is 0.493. The van der Waals surface area contributed by atoms with E-state index in [1.54, 1.807) is 0 Å². The Balaban J connectivity index is 2.58. The lowest BCUT2D eigenvalue weighted by molar-refractivity contribution is -0.177. The Morgan fingerprint density at radius 3 is 2.71 bits per heavy atom. The molecule has 0 bridgehead atoms. The Labute approximate surface area is 138 Å². The van der Waals surface area contributed by atoms with Crippen molar-refractivity contribution in [2.45, 2.75) is 50.7 Å². The molecule has 1 aliphatic heterocycles. The van der Waals surface area contributed by atoms with Crippen molar-refractivity contribution in [1.82, 2.24) is 9.55 Å². The molecule has 1 saturated heterocycles. The summed E-state index contributed by atoms with van der Waals surface area (Å²) in [6.45, 7) is 3.13. The summed E-state index contributed by atoms with van der Waals surface area (Å²) in [5, 5.41) is 29.9. The smallest absolute Gasteiger partial charge is 0.352 e. The average molecular weight is 341 g/mol. The Kier molecular flexibility index (Phi) is 5.38. The monoisotopic (exact) mass is 341 g/mol. The van der Waals surface area contributed by atoms with Gasteiger partial charge in [-0.15, -0.1) is 0 Å². The zero-order valence-electron chi connectivity index (χ0n) is 13.6. The Bertz CT molecular complexity index is 663. The second-order valence-corrected chi connectivity index (χ2v) is 6.12. The molecular weight excluding hydrogens is 318 g/mol. The van der Waals surface area contributed by atoms with E-state index in [4.69, 9.17) is 10.5 Å². The summed E-state index contributed by atoms with van der Waals surface area (Å²) >= 11 is 0. The van der Waals surface area contributed by atoms with Gasteiger partial charge in [0.1, 0.15) is 24.1 Å². The van der Waals surface area contributed by atoms with Crippen LogP contribution in [0.2, 0.25) is 0 Å². The van der Waals surface area contributed by atoms with Crippen LogP contribution < -0.4 is 11.4 Å². The number of rotatable bonds is 6. The van der Waals surface area contributed by atoms with E-state index in [9.17, 15) is 24.9 Å². The lowest BCUT2D eigenvalue weighted by Crippen LogP contribution is -2.56. The van der Waals surface area contributed by atoms with Crippen molar-refractivity contribution in [2.24, 2.45) is 5.92 Å². The minimum atomic E-state index is -2.14. The van der Waals surface area contributed by atoms with Gasteiger partial charge in [0.15, 0.2) is 5.78 Å². The van der Waals surface area contributed by atoms with Gasteiger partial charge in [-0.25, -0.2) is 4.79 Å². The Morgan fingerprint density at radius 2 is 2.21 bits per heavy atom. The van der Waals surface area contributed by atoms with Crippen LogP contribution in [0.5, 0.6) is 0 Å². The van der Waals surface area contributed by atoms with Gasteiger partial charge in [-0.05, 0) is 12.0 Å². The summed E-state index contributed by atoms with van der Waals surface area (Å²) in [7, 11) is 0. The highest BCUT2D eigenvalue weighted by Gasteiger charge is 2.60. The molecule has 0 radical (unpaired) electrons. The lowest BCUT2D eigenvalue weighted by Gasteiger charge is -2.33. The highest BCUT2D eigenvalue weighted by Crippen LogP contribution is 2.37. The second-order valence-electron chi connectivity index (χ2n) is 6.12. The minimum Gasteiger partial charge on any atom is -0.394 e. The number of ketones is 1. The molecule has 0 saturated carbocycles. The number of ether oxygens (including phenoxy) is 1. The molecule has 1 fully saturated rings.